The van der Waals surface area contributed by atoms with Crippen molar-refractivity contribution in [2.24, 2.45) is 0 Å². The maximum Gasteiger partial charge on any atom is 0.341 e. The zero-order valence-electron chi connectivity index (χ0n) is 10.7. The topological polar surface area (TPSA) is 48.1 Å². The third-order valence-corrected chi connectivity index (χ3v) is 3.32. The van der Waals surface area contributed by atoms with Crippen molar-refractivity contribution in [2.45, 2.75) is 51.2 Å². The maximum absolute atomic E-state index is 11.8. The van der Waals surface area contributed by atoms with Crippen LogP contribution in [-0.2, 0) is 19.0 Å². The first-order valence-corrected chi connectivity index (χ1v) is 5.92. The Morgan fingerprint density at radius 2 is 2.06 bits per heavy atom. The summed E-state index contributed by atoms with van der Waals surface area (Å²) in [5.74, 6) is -0.225. The predicted molar refractivity (Wildman–Crippen MR) is 60.3 cm³/mol. The van der Waals surface area contributed by atoms with Crippen LogP contribution in [0, 0.1) is 0 Å². The van der Waals surface area contributed by atoms with E-state index in [2.05, 4.69) is 0 Å². The number of carbonyl (C=O) groups is 1. The average Bonchev–Trinajstić information content (AvgIpc) is 2.87. The molecule has 2 unspecified atom stereocenters. The molecule has 0 aliphatic carbocycles. The van der Waals surface area contributed by atoms with Gasteiger partial charge in [-0.25, -0.2) is 4.79 Å². The number of carbonyl (C=O) groups excluding carboxylic acids is 1. The number of hydrogen-bond donors (Lipinski definition) is 0. The van der Waals surface area contributed by atoms with E-state index in [0.29, 0.717) is 19.6 Å². The van der Waals surface area contributed by atoms with Crippen molar-refractivity contribution in [3.8, 4) is 0 Å². The van der Waals surface area contributed by atoms with Gasteiger partial charge in [0.15, 0.2) is 5.60 Å². The molecule has 0 bridgehead atoms. The Morgan fingerprint density at radius 3 is 2.56 bits per heavy atom. The molecule has 1 heterocycles. The fourth-order valence-electron chi connectivity index (χ4n) is 2.26. The lowest BCUT2D eigenvalue weighted by Gasteiger charge is -2.13. The molecule has 0 spiro atoms. The van der Waals surface area contributed by atoms with Crippen molar-refractivity contribution >= 4 is 5.97 Å². The van der Waals surface area contributed by atoms with Crippen LogP contribution >= 0.6 is 0 Å². The minimum Gasteiger partial charge on any atom is -0.464 e. The molecule has 16 heavy (non-hydrogen) atoms. The summed E-state index contributed by atoms with van der Waals surface area (Å²) in [4.78, 5) is 11.8. The van der Waals surface area contributed by atoms with E-state index < -0.39 is 5.60 Å². The van der Waals surface area contributed by atoms with Gasteiger partial charge in [0.25, 0.3) is 0 Å². The summed E-state index contributed by atoms with van der Waals surface area (Å²) in [6.07, 6.45) is 2.39. The molecule has 0 amide bonds. The first-order chi connectivity index (χ1) is 7.56. The quantitative estimate of drug-likeness (QED) is 0.381. The zero-order chi connectivity index (χ0) is 12.2. The standard InChI is InChI=1S/C12H22O4/c1-5-12(10(13)15-6-2)11(3,16-12)8-7-9-14-4/h5-9H2,1-4H3. The second kappa shape index (κ2) is 5.15. The average molecular weight is 230 g/mol. The van der Waals surface area contributed by atoms with E-state index in [-0.39, 0.29) is 11.6 Å². The van der Waals surface area contributed by atoms with Gasteiger partial charge in [0.1, 0.15) is 5.60 Å². The van der Waals surface area contributed by atoms with Crippen LogP contribution in [-0.4, -0.2) is 37.5 Å². The van der Waals surface area contributed by atoms with Gasteiger partial charge < -0.3 is 14.2 Å². The second-order valence-corrected chi connectivity index (χ2v) is 4.33. The van der Waals surface area contributed by atoms with Gasteiger partial charge in [-0.3, -0.25) is 0 Å². The third kappa shape index (κ3) is 2.23. The number of ether oxygens (including phenoxy) is 3. The molecule has 94 valence electrons. The van der Waals surface area contributed by atoms with E-state index in [1.807, 2.05) is 20.8 Å². The Balaban J connectivity index is 2.55. The van der Waals surface area contributed by atoms with Gasteiger partial charge in [0.2, 0.25) is 0 Å². The molecule has 0 saturated carbocycles. The van der Waals surface area contributed by atoms with Crippen LogP contribution in [0.15, 0.2) is 0 Å². The largest absolute Gasteiger partial charge is 0.464 e. The monoisotopic (exact) mass is 230 g/mol. The van der Waals surface area contributed by atoms with Gasteiger partial charge in [-0.05, 0) is 33.1 Å². The van der Waals surface area contributed by atoms with Gasteiger partial charge in [-0.15, -0.1) is 0 Å². The van der Waals surface area contributed by atoms with E-state index in [4.69, 9.17) is 14.2 Å². The zero-order valence-corrected chi connectivity index (χ0v) is 10.7. The molecule has 0 aromatic rings. The highest BCUT2D eigenvalue weighted by atomic mass is 16.7. The highest BCUT2D eigenvalue weighted by molar-refractivity contribution is 5.84. The molecule has 1 aliphatic rings. The fourth-order valence-corrected chi connectivity index (χ4v) is 2.26. The van der Waals surface area contributed by atoms with Gasteiger partial charge in [0, 0.05) is 13.7 Å². The lowest BCUT2D eigenvalue weighted by molar-refractivity contribution is -0.149. The first-order valence-electron chi connectivity index (χ1n) is 5.92. The van der Waals surface area contributed by atoms with E-state index in [0.717, 1.165) is 12.8 Å². The first kappa shape index (κ1) is 13.5. The number of rotatable bonds is 7. The van der Waals surface area contributed by atoms with E-state index in [9.17, 15) is 4.79 Å². The molecule has 2 atom stereocenters. The molecule has 4 heteroatoms. The molecule has 1 fully saturated rings. The molecule has 0 radical (unpaired) electrons. The summed E-state index contributed by atoms with van der Waals surface area (Å²) in [6.45, 7) is 6.84. The minimum atomic E-state index is -0.712. The maximum atomic E-state index is 11.8. The van der Waals surface area contributed by atoms with Crippen LogP contribution in [0.1, 0.15) is 40.0 Å². The Morgan fingerprint density at radius 1 is 1.38 bits per heavy atom. The molecule has 0 N–H and O–H groups in total. The normalized spacial score (nSPS) is 32.5. The highest BCUT2D eigenvalue weighted by Gasteiger charge is 2.71. The lowest BCUT2D eigenvalue weighted by Crippen LogP contribution is -2.34. The SMILES string of the molecule is CCOC(=O)C1(CC)OC1(C)CCCOC. The molecule has 4 nitrogen and oxygen atoms in total. The summed E-state index contributed by atoms with van der Waals surface area (Å²) in [7, 11) is 1.68. The second-order valence-electron chi connectivity index (χ2n) is 4.33. The van der Waals surface area contributed by atoms with E-state index in [1.54, 1.807) is 7.11 Å². The molecule has 1 saturated heterocycles. The van der Waals surface area contributed by atoms with Crippen molar-refractivity contribution in [3.05, 3.63) is 0 Å². The number of methoxy groups -OCH3 is 1. The molecular formula is C12H22O4. The Kier molecular flexibility index (Phi) is 4.33. The summed E-state index contributed by atoms with van der Waals surface area (Å²) in [6, 6.07) is 0. The van der Waals surface area contributed by atoms with Gasteiger partial charge >= 0.3 is 5.97 Å². The minimum absolute atomic E-state index is 0.225. The van der Waals surface area contributed by atoms with Crippen LogP contribution in [0.3, 0.4) is 0 Å². The predicted octanol–water partition coefficient (Wildman–Crippen LogP) is 1.91. The summed E-state index contributed by atoms with van der Waals surface area (Å²) in [5, 5.41) is 0. The van der Waals surface area contributed by atoms with Crippen LogP contribution in [0.25, 0.3) is 0 Å². The highest BCUT2D eigenvalue weighted by Crippen LogP contribution is 2.53. The van der Waals surface area contributed by atoms with Crippen molar-refractivity contribution in [1.82, 2.24) is 0 Å². The smallest absolute Gasteiger partial charge is 0.341 e. The van der Waals surface area contributed by atoms with E-state index >= 15 is 0 Å². The molecule has 0 aromatic heterocycles. The Labute approximate surface area is 97.2 Å². The van der Waals surface area contributed by atoms with Gasteiger partial charge in [-0.1, -0.05) is 6.92 Å². The number of hydrogen-bond acceptors (Lipinski definition) is 4. The Hall–Kier alpha value is -0.610. The van der Waals surface area contributed by atoms with Crippen LogP contribution in [0.2, 0.25) is 0 Å². The molecule has 1 rings (SSSR count). The summed E-state index contributed by atoms with van der Waals surface area (Å²) in [5.41, 5.74) is -1.08. The third-order valence-electron chi connectivity index (χ3n) is 3.32. The van der Waals surface area contributed by atoms with Crippen molar-refractivity contribution in [2.75, 3.05) is 20.3 Å². The summed E-state index contributed by atoms with van der Waals surface area (Å²) < 4.78 is 15.7. The number of esters is 1. The molecular weight excluding hydrogens is 208 g/mol. The fraction of sp³-hybridized carbons (Fsp3) is 0.917. The van der Waals surface area contributed by atoms with Crippen LogP contribution in [0.4, 0.5) is 0 Å². The number of epoxide rings is 1. The van der Waals surface area contributed by atoms with Crippen LogP contribution < -0.4 is 0 Å². The van der Waals surface area contributed by atoms with E-state index in [1.165, 1.54) is 0 Å². The van der Waals surface area contributed by atoms with Gasteiger partial charge in [-0.2, -0.15) is 0 Å². The summed E-state index contributed by atoms with van der Waals surface area (Å²) >= 11 is 0. The Bertz CT molecular complexity index is 253. The molecule has 1 aliphatic heterocycles. The lowest BCUT2D eigenvalue weighted by atomic mass is 9.88. The van der Waals surface area contributed by atoms with Crippen molar-refractivity contribution in [1.29, 1.82) is 0 Å². The van der Waals surface area contributed by atoms with Crippen LogP contribution in [0.5, 0.6) is 0 Å². The van der Waals surface area contributed by atoms with Crippen molar-refractivity contribution in [3.63, 3.8) is 0 Å². The van der Waals surface area contributed by atoms with Gasteiger partial charge in [0.05, 0.1) is 6.61 Å². The molecule has 0 aromatic carbocycles. The van der Waals surface area contributed by atoms with Crippen molar-refractivity contribution < 1.29 is 19.0 Å².